The number of carbonyl (C=O) groups is 1. The fourth-order valence-electron chi connectivity index (χ4n) is 1.98. The highest BCUT2D eigenvalue weighted by atomic mass is 16.5. The number of ether oxygens (including phenoxy) is 2. The highest BCUT2D eigenvalue weighted by Gasteiger charge is 2.19. The predicted octanol–water partition coefficient (Wildman–Crippen LogP) is 1.81. The van der Waals surface area contributed by atoms with Gasteiger partial charge in [-0.2, -0.15) is 0 Å². The zero-order valence-electron chi connectivity index (χ0n) is 10.5. The molecule has 1 aliphatic rings. The van der Waals surface area contributed by atoms with E-state index in [-0.39, 0.29) is 5.91 Å². The lowest BCUT2D eigenvalue weighted by Crippen LogP contribution is -2.40. The first-order valence-corrected chi connectivity index (χ1v) is 5.93. The maximum atomic E-state index is 12.3. The normalized spacial score (nSPS) is 15.3. The summed E-state index contributed by atoms with van der Waals surface area (Å²) in [6.07, 6.45) is 1.69. The molecule has 4 heteroatoms. The second-order valence-electron chi connectivity index (χ2n) is 4.07. The maximum Gasteiger partial charge on any atom is 0.254 e. The molecule has 1 aromatic rings. The number of morpholine rings is 1. The number of carbonyl (C=O) groups excluding carboxylic acids is 1. The molecule has 0 spiro atoms. The number of hydrogen-bond acceptors (Lipinski definition) is 3. The predicted molar refractivity (Wildman–Crippen MR) is 69.8 cm³/mol. The Bertz CT molecular complexity index is 450. The molecular weight excluding hydrogens is 230 g/mol. The fourth-order valence-corrected chi connectivity index (χ4v) is 1.98. The van der Waals surface area contributed by atoms with Crippen LogP contribution < -0.4 is 4.74 Å². The first-order valence-electron chi connectivity index (χ1n) is 5.93. The summed E-state index contributed by atoms with van der Waals surface area (Å²) in [6.45, 7) is 6.24. The Morgan fingerprint density at radius 1 is 1.44 bits per heavy atom. The van der Waals surface area contributed by atoms with Crippen molar-refractivity contribution in [2.24, 2.45) is 0 Å². The SMILES string of the molecule is C=Cc1cc(C(=O)N2CCOCC2)ccc1OC. The Hall–Kier alpha value is -1.81. The van der Waals surface area contributed by atoms with E-state index in [1.807, 2.05) is 6.07 Å². The summed E-state index contributed by atoms with van der Waals surface area (Å²) in [4.78, 5) is 14.1. The minimum absolute atomic E-state index is 0.0315. The molecule has 2 rings (SSSR count). The second kappa shape index (κ2) is 5.69. The standard InChI is InChI=1S/C14H17NO3/c1-3-11-10-12(4-5-13(11)17-2)14(16)15-6-8-18-9-7-15/h3-5,10H,1,6-9H2,2H3. The third-order valence-electron chi connectivity index (χ3n) is 2.99. The average molecular weight is 247 g/mol. The molecule has 0 aliphatic carbocycles. The number of nitrogens with zero attached hydrogens (tertiary/aromatic N) is 1. The molecule has 1 aliphatic heterocycles. The van der Waals surface area contributed by atoms with E-state index in [0.29, 0.717) is 31.9 Å². The van der Waals surface area contributed by atoms with Gasteiger partial charge in [-0.3, -0.25) is 4.79 Å². The molecule has 0 radical (unpaired) electrons. The topological polar surface area (TPSA) is 38.8 Å². The van der Waals surface area contributed by atoms with E-state index in [1.165, 1.54) is 0 Å². The molecule has 0 bridgehead atoms. The van der Waals surface area contributed by atoms with E-state index < -0.39 is 0 Å². The zero-order chi connectivity index (χ0) is 13.0. The molecule has 1 fully saturated rings. The van der Waals surface area contributed by atoms with Gasteiger partial charge in [0, 0.05) is 24.2 Å². The molecule has 0 unspecified atom stereocenters. The van der Waals surface area contributed by atoms with E-state index in [0.717, 1.165) is 11.3 Å². The largest absolute Gasteiger partial charge is 0.496 e. The van der Waals surface area contributed by atoms with Crippen molar-refractivity contribution in [1.29, 1.82) is 0 Å². The number of rotatable bonds is 3. The van der Waals surface area contributed by atoms with E-state index >= 15 is 0 Å². The summed E-state index contributed by atoms with van der Waals surface area (Å²) < 4.78 is 10.4. The number of amides is 1. The zero-order valence-corrected chi connectivity index (χ0v) is 10.5. The van der Waals surface area contributed by atoms with Crippen molar-refractivity contribution in [3.05, 3.63) is 35.9 Å². The lowest BCUT2D eigenvalue weighted by Gasteiger charge is -2.27. The molecule has 0 saturated carbocycles. The van der Waals surface area contributed by atoms with E-state index in [2.05, 4.69) is 6.58 Å². The van der Waals surface area contributed by atoms with Crippen molar-refractivity contribution in [3.63, 3.8) is 0 Å². The van der Waals surface area contributed by atoms with E-state index in [9.17, 15) is 4.79 Å². The van der Waals surface area contributed by atoms with Crippen molar-refractivity contribution in [2.45, 2.75) is 0 Å². The third kappa shape index (κ3) is 2.54. The van der Waals surface area contributed by atoms with Gasteiger partial charge in [0.2, 0.25) is 0 Å². The molecule has 1 aromatic carbocycles. The summed E-state index contributed by atoms with van der Waals surface area (Å²) in [5.74, 6) is 0.757. The molecule has 18 heavy (non-hydrogen) atoms. The molecule has 4 nitrogen and oxygen atoms in total. The van der Waals surface area contributed by atoms with Gasteiger partial charge in [0.25, 0.3) is 5.91 Å². The molecule has 0 aromatic heterocycles. The lowest BCUT2D eigenvalue weighted by molar-refractivity contribution is 0.0303. The van der Waals surface area contributed by atoms with Gasteiger partial charge in [0.15, 0.2) is 0 Å². The van der Waals surface area contributed by atoms with Crippen molar-refractivity contribution in [3.8, 4) is 5.75 Å². The van der Waals surface area contributed by atoms with Crippen LogP contribution in [0, 0.1) is 0 Å². The van der Waals surface area contributed by atoms with Gasteiger partial charge in [-0.15, -0.1) is 0 Å². The molecule has 1 amide bonds. The van der Waals surface area contributed by atoms with Gasteiger partial charge in [-0.25, -0.2) is 0 Å². The van der Waals surface area contributed by atoms with Crippen LogP contribution in [0.2, 0.25) is 0 Å². The van der Waals surface area contributed by atoms with Crippen molar-refractivity contribution >= 4 is 12.0 Å². The van der Waals surface area contributed by atoms with Crippen LogP contribution in [0.1, 0.15) is 15.9 Å². The van der Waals surface area contributed by atoms with Gasteiger partial charge in [0.1, 0.15) is 5.75 Å². The van der Waals surface area contributed by atoms with Gasteiger partial charge in [-0.05, 0) is 18.2 Å². The van der Waals surface area contributed by atoms with Crippen molar-refractivity contribution in [1.82, 2.24) is 4.90 Å². The number of hydrogen-bond donors (Lipinski definition) is 0. The summed E-state index contributed by atoms with van der Waals surface area (Å²) in [5.41, 5.74) is 1.49. The number of methoxy groups -OCH3 is 1. The quantitative estimate of drug-likeness (QED) is 0.817. The van der Waals surface area contributed by atoms with E-state index in [1.54, 1.807) is 30.2 Å². The first kappa shape index (κ1) is 12.6. The van der Waals surface area contributed by atoms with Crippen LogP contribution in [0.4, 0.5) is 0 Å². The highest BCUT2D eigenvalue weighted by molar-refractivity contribution is 5.95. The minimum atomic E-state index is 0.0315. The maximum absolute atomic E-state index is 12.3. The third-order valence-corrected chi connectivity index (χ3v) is 2.99. The van der Waals surface area contributed by atoms with E-state index in [4.69, 9.17) is 9.47 Å². The second-order valence-corrected chi connectivity index (χ2v) is 4.07. The summed E-state index contributed by atoms with van der Waals surface area (Å²) in [7, 11) is 1.60. The molecule has 96 valence electrons. The fraction of sp³-hybridized carbons (Fsp3) is 0.357. The summed E-state index contributed by atoms with van der Waals surface area (Å²) >= 11 is 0. The average Bonchev–Trinajstić information content (AvgIpc) is 2.46. The molecule has 0 N–H and O–H groups in total. The minimum Gasteiger partial charge on any atom is -0.496 e. The molecule has 1 heterocycles. The van der Waals surface area contributed by atoms with Crippen LogP contribution in [0.3, 0.4) is 0 Å². The van der Waals surface area contributed by atoms with Crippen molar-refractivity contribution < 1.29 is 14.3 Å². The lowest BCUT2D eigenvalue weighted by atomic mass is 10.1. The van der Waals surface area contributed by atoms with Crippen LogP contribution >= 0.6 is 0 Å². The Balaban J connectivity index is 2.22. The van der Waals surface area contributed by atoms with Gasteiger partial charge in [-0.1, -0.05) is 12.7 Å². The number of benzene rings is 1. The Labute approximate surface area is 107 Å². The van der Waals surface area contributed by atoms with Crippen molar-refractivity contribution in [2.75, 3.05) is 33.4 Å². The first-order chi connectivity index (χ1) is 8.76. The Morgan fingerprint density at radius 2 is 2.17 bits per heavy atom. The smallest absolute Gasteiger partial charge is 0.254 e. The van der Waals surface area contributed by atoms with Gasteiger partial charge >= 0.3 is 0 Å². The summed E-state index contributed by atoms with van der Waals surface area (Å²) in [6, 6.07) is 5.39. The monoisotopic (exact) mass is 247 g/mol. The van der Waals surface area contributed by atoms with Crippen LogP contribution in [0.5, 0.6) is 5.75 Å². The van der Waals surface area contributed by atoms with Gasteiger partial charge in [0.05, 0.1) is 20.3 Å². The van der Waals surface area contributed by atoms with Crippen LogP contribution in [-0.2, 0) is 4.74 Å². The van der Waals surface area contributed by atoms with Crippen LogP contribution in [0.25, 0.3) is 6.08 Å². The molecular formula is C14H17NO3. The Kier molecular flexibility index (Phi) is 3.99. The van der Waals surface area contributed by atoms with Crippen LogP contribution in [0.15, 0.2) is 24.8 Å². The highest BCUT2D eigenvalue weighted by Crippen LogP contribution is 2.21. The molecule has 1 saturated heterocycles. The van der Waals surface area contributed by atoms with Crippen LogP contribution in [-0.4, -0.2) is 44.2 Å². The summed E-state index contributed by atoms with van der Waals surface area (Å²) in [5, 5.41) is 0. The molecule has 0 atom stereocenters. The Morgan fingerprint density at radius 3 is 2.78 bits per heavy atom. The van der Waals surface area contributed by atoms with Gasteiger partial charge < -0.3 is 14.4 Å².